The maximum Gasteiger partial charge on any atom is 0.241 e. The molecule has 0 atom stereocenters. The summed E-state index contributed by atoms with van der Waals surface area (Å²) >= 11 is 0. The molecule has 0 spiro atoms. The second-order valence-electron chi connectivity index (χ2n) is 7.29. The molecule has 0 saturated heterocycles. The van der Waals surface area contributed by atoms with Crippen molar-refractivity contribution in [3.63, 3.8) is 0 Å². The van der Waals surface area contributed by atoms with Gasteiger partial charge >= 0.3 is 0 Å². The lowest BCUT2D eigenvalue weighted by Gasteiger charge is -2.28. The van der Waals surface area contributed by atoms with Gasteiger partial charge in [-0.25, -0.2) is 8.78 Å². The predicted octanol–water partition coefficient (Wildman–Crippen LogP) is 7.07. The molecule has 0 amide bonds. The number of hydrogen-bond donors (Lipinski definition) is 0. The minimum atomic E-state index is -2.16. The number of rotatable bonds is 7. The monoisotopic (exact) mass is 358 g/mol. The highest BCUT2D eigenvalue weighted by Gasteiger charge is 2.27. The van der Waals surface area contributed by atoms with Crippen LogP contribution in [0.15, 0.2) is 48.5 Å². The molecule has 0 aromatic heterocycles. The van der Waals surface area contributed by atoms with E-state index in [2.05, 4.69) is 43.3 Å². The van der Waals surface area contributed by atoms with Crippen molar-refractivity contribution in [2.75, 3.05) is 6.61 Å². The molecule has 1 aliphatic rings. The molecular weight excluding hydrogens is 330 g/mol. The van der Waals surface area contributed by atoms with E-state index in [1.165, 1.54) is 16.7 Å². The van der Waals surface area contributed by atoms with Crippen molar-refractivity contribution in [3.8, 4) is 16.9 Å². The largest absolute Gasteiger partial charge is 0.494 e. The van der Waals surface area contributed by atoms with Crippen LogP contribution in [0.3, 0.4) is 0 Å². The topological polar surface area (TPSA) is 9.23 Å². The molecule has 3 rings (SSSR count). The van der Waals surface area contributed by atoms with Crippen LogP contribution in [-0.4, -0.2) is 13.0 Å². The van der Waals surface area contributed by atoms with Gasteiger partial charge in [0.05, 0.1) is 6.61 Å². The third-order valence-electron chi connectivity index (χ3n) is 5.46. The zero-order valence-corrected chi connectivity index (χ0v) is 15.5. The number of hydrogen-bond acceptors (Lipinski definition) is 1. The van der Waals surface area contributed by atoms with E-state index >= 15 is 0 Å². The lowest BCUT2D eigenvalue weighted by atomic mass is 9.78. The number of unbranched alkanes of at least 4 members (excludes halogenated alkanes) is 1. The Kier molecular flexibility index (Phi) is 6.65. The van der Waals surface area contributed by atoms with Gasteiger partial charge in [0, 0.05) is 5.92 Å². The molecule has 1 fully saturated rings. The van der Waals surface area contributed by atoms with Crippen molar-refractivity contribution >= 4 is 0 Å². The van der Waals surface area contributed by atoms with Gasteiger partial charge in [0.2, 0.25) is 6.43 Å². The third-order valence-corrected chi connectivity index (χ3v) is 5.46. The Bertz CT molecular complexity index is 656. The highest BCUT2D eigenvalue weighted by molar-refractivity contribution is 5.64. The first kappa shape index (κ1) is 18.9. The standard InChI is InChI=1S/C23H28F2O/c1-2-3-16-26-22-14-12-20(13-15-22)18-6-4-17(5-7-18)19-8-10-21(11-9-19)23(24)25/h4-7,12-15,19,21,23H,2-3,8-11,16H2,1H3/t19-,21-. The van der Waals surface area contributed by atoms with Gasteiger partial charge in [0.1, 0.15) is 5.75 Å². The summed E-state index contributed by atoms with van der Waals surface area (Å²) in [6, 6.07) is 16.8. The molecule has 26 heavy (non-hydrogen) atoms. The average molecular weight is 358 g/mol. The first-order valence-electron chi connectivity index (χ1n) is 9.78. The summed E-state index contributed by atoms with van der Waals surface area (Å²) in [7, 11) is 0. The second-order valence-corrected chi connectivity index (χ2v) is 7.29. The van der Waals surface area contributed by atoms with E-state index in [-0.39, 0.29) is 0 Å². The fourth-order valence-electron chi connectivity index (χ4n) is 3.73. The number of benzene rings is 2. The summed E-state index contributed by atoms with van der Waals surface area (Å²) in [6.07, 6.45) is 3.08. The molecule has 0 unspecified atom stereocenters. The Labute approximate surface area is 155 Å². The van der Waals surface area contributed by atoms with Crippen molar-refractivity contribution in [3.05, 3.63) is 54.1 Å². The maximum absolute atomic E-state index is 12.8. The molecular formula is C23H28F2O. The van der Waals surface area contributed by atoms with Crippen LogP contribution in [0.2, 0.25) is 0 Å². The maximum atomic E-state index is 12.8. The molecule has 3 heteroatoms. The van der Waals surface area contributed by atoms with Crippen LogP contribution in [0.25, 0.3) is 11.1 Å². The Hall–Kier alpha value is -1.90. The fraction of sp³-hybridized carbons (Fsp3) is 0.478. The SMILES string of the molecule is CCCCOc1ccc(-c2ccc([C@H]3CC[C@H](C(F)F)CC3)cc2)cc1. The van der Waals surface area contributed by atoms with Gasteiger partial charge in [-0.05, 0) is 66.8 Å². The van der Waals surface area contributed by atoms with Crippen molar-refractivity contribution < 1.29 is 13.5 Å². The van der Waals surface area contributed by atoms with Crippen molar-refractivity contribution in [2.24, 2.45) is 5.92 Å². The number of alkyl halides is 2. The average Bonchev–Trinajstić information content (AvgIpc) is 2.69. The van der Waals surface area contributed by atoms with E-state index in [0.29, 0.717) is 18.8 Å². The van der Waals surface area contributed by atoms with Crippen LogP contribution in [0, 0.1) is 5.92 Å². The molecule has 2 aromatic rings. The summed E-state index contributed by atoms with van der Waals surface area (Å²) in [5, 5.41) is 0. The quantitative estimate of drug-likeness (QED) is 0.481. The first-order chi connectivity index (χ1) is 12.7. The molecule has 0 radical (unpaired) electrons. The van der Waals surface area contributed by atoms with E-state index in [9.17, 15) is 8.78 Å². The van der Waals surface area contributed by atoms with E-state index in [4.69, 9.17) is 4.74 Å². The molecule has 1 nitrogen and oxygen atoms in total. The summed E-state index contributed by atoms with van der Waals surface area (Å²) in [5.74, 6) is 0.937. The summed E-state index contributed by atoms with van der Waals surface area (Å²) < 4.78 is 31.3. The predicted molar refractivity (Wildman–Crippen MR) is 103 cm³/mol. The summed E-state index contributed by atoms with van der Waals surface area (Å²) in [4.78, 5) is 0. The zero-order chi connectivity index (χ0) is 18.4. The Balaban J connectivity index is 1.59. The van der Waals surface area contributed by atoms with E-state index < -0.39 is 12.3 Å². The number of halogens is 2. The van der Waals surface area contributed by atoms with Crippen LogP contribution < -0.4 is 4.74 Å². The molecule has 1 saturated carbocycles. The Morgan fingerprint density at radius 1 is 0.885 bits per heavy atom. The van der Waals surface area contributed by atoms with Crippen LogP contribution in [-0.2, 0) is 0 Å². The minimum Gasteiger partial charge on any atom is -0.494 e. The van der Waals surface area contributed by atoms with E-state index in [0.717, 1.165) is 38.0 Å². The molecule has 2 aromatic carbocycles. The van der Waals surface area contributed by atoms with Gasteiger partial charge in [-0.1, -0.05) is 49.7 Å². The zero-order valence-electron chi connectivity index (χ0n) is 15.5. The first-order valence-corrected chi connectivity index (χ1v) is 9.78. The Morgan fingerprint density at radius 3 is 2.00 bits per heavy atom. The lowest BCUT2D eigenvalue weighted by molar-refractivity contribution is 0.0528. The molecule has 0 bridgehead atoms. The van der Waals surface area contributed by atoms with Gasteiger partial charge in [-0.2, -0.15) is 0 Å². The summed E-state index contributed by atoms with van der Waals surface area (Å²) in [6.45, 7) is 2.92. The minimum absolute atomic E-state index is 0.399. The Morgan fingerprint density at radius 2 is 1.46 bits per heavy atom. The normalized spacial score (nSPS) is 20.3. The summed E-state index contributed by atoms with van der Waals surface area (Å²) in [5.41, 5.74) is 3.62. The molecule has 0 heterocycles. The van der Waals surface area contributed by atoms with E-state index in [1.807, 2.05) is 12.1 Å². The highest BCUT2D eigenvalue weighted by atomic mass is 19.3. The van der Waals surface area contributed by atoms with E-state index in [1.54, 1.807) is 0 Å². The van der Waals surface area contributed by atoms with Crippen LogP contribution in [0.4, 0.5) is 8.78 Å². The fourth-order valence-corrected chi connectivity index (χ4v) is 3.73. The van der Waals surface area contributed by atoms with Crippen LogP contribution in [0.1, 0.15) is 56.9 Å². The van der Waals surface area contributed by atoms with Crippen molar-refractivity contribution in [2.45, 2.75) is 57.8 Å². The van der Waals surface area contributed by atoms with Gasteiger partial charge < -0.3 is 4.74 Å². The van der Waals surface area contributed by atoms with Crippen LogP contribution >= 0.6 is 0 Å². The van der Waals surface area contributed by atoms with Crippen LogP contribution in [0.5, 0.6) is 5.75 Å². The third kappa shape index (κ3) is 4.84. The molecule has 0 N–H and O–H groups in total. The van der Waals surface area contributed by atoms with Gasteiger partial charge in [-0.3, -0.25) is 0 Å². The smallest absolute Gasteiger partial charge is 0.241 e. The van der Waals surface area contributed by atoms with Gasteiger partial charge in [-0.15, -0.1) is 0 Å². The van der Waals surface area contributed by atoms with Crippen molar-refractivity contribution in [1.29, 1.82) is 0 Å². The second kappa shape index (κ2) is 9.16. The number of ether oxygens (including phenoxy) is 1. The highest BCUT2D eigenvalue weighted by Crippen LogP contribution is 2.38. The molecule has 1 aliphatic carbocycles. The van der Waals surface area contributed by atoms with Crippen molar-refractivity contribution in [1.82, 2.24) is 0 Å². The molecule has 140 valence electrons. The van der Waals surface area contributed by atoms with Gasteiger partial charge in [0.15, 0.2) is 0 Å². The van der Waals surface area contributed by atoms with Gasteiger partial charge in [0.25, 0.3) is 0 Å². The lowest BCUT2D eigenvalue weighted by Crippen LogP contribution is -2.19. The molecule has 0 aliphatic heterocycles.